The van der Waals surface area contributed by atoms with E-state index in [9.17, 15) is 33.9 Å². The van der Waals surface area contributed by atoms with E-state index in [-0.39, 0.29) is 0 Å². The first kappa shape index (κ1) is 23.7. The Kier molecular flexibility index (Phi) is 6.19. The van der Waals surface area contributed by atoms with Crippen LogP contribution < -0.4 is 16.0 Å². The SMILES string of the molecule is CC(CC1C(=O)NC(=O)N=C1O)(OC1=NC(=O)NC(=O)C1N=N)OC1=NC(=O)NC(=O)C1N=N. The van der Waals surface area contributed by atoms with Crippen molar-refractivity contribution in [2.45, 2.75) is 31.2 Å². The molecule has 3 aliphatic rings. The van der Waals surface area contributed by atoms with Crippen LogP contribution in [0.5, 0.6) is 0 Å². The summed E-state index contributed by atoms with van der Waals surface area (Å²) in [6.07, 6.45) is -0.736. The van der Waals surface area contributed by atoms with Crippen molar-refractivity contribution in [1.82, 2.24) is 16.0 Å². The summed E-state index contributed by atoms with van der Waals surface area (Å²) in [5.41, 5.74) is 14.3. The Hall–Kier alpha value is -4.97. The van der Waals surface area contributed by atoms with Gasteiger partial charge in [0.25, 0.3) is 17.6 Å². The number of hydrogen-bond donors (Lipinski definition) is 6. The number of imide groups is 3. The van der Waals surface area contributed by atoms with E-state index in [1.165, 1.54) is 0 Å². The lowest BCUT2D eigenvalue weighted by Gasteiger charge is -2.36. The number of hydrogen-bond acceptors (Lipinski definition) is 12. The molecule has 0 fully saturated rings. The molecule has 0 saturated heterocycles. The molecule has 0 radical (unpaired) electrons. The fourth-order valence-electron chi connectivity index (χ4n) is 2.96. The van der Waals surface area contributed by atoms with E-state index < -0.39 is 83.7 Å². The molecule has 6 N–H and O–H groups in total. The van der Waals surface area contributed by atoms with Gasteiger partial charge in [0.05, 0.1) is 0 Å². The molecule has 178 valence electrons. The Morgan fingerprint density at radius 1 is 0.824 bits per heavy atom. The van der Waals surface area contributed by atoms with Gasteiger partial charge in [0.15, 0.2) is 0 Å². The Morgan fingerprint density at radius 2 is 1.24 bits per heavy atom. The minimum atomic E-state index is -2.30. The van der Waals surface area contributed by atoms with E-state index in [2.05, 4.69) is 25.2 Å². The molecular weight excluding hydrogens is 464 g/mol. The summed E-state index contributed by atoms with van der Waals surface area (Å²) < 4.78 is 11.0. The fraction of sp³-hybridized carbons (Fsp3) is 0.400. The molecule has 9 amide bonds. The zero-order valence-corrected chi connectivity index (χ0v) is 16.9. The molecule has 3 heterocycles. The molecule has 0 spiro atoms. The summed E-state index contributed by atoms with van der Waals surface area (Å²) in [4.78, 5) is 80.9. The van der Waals surface area contributed by atoms with E-state index in [0.29, 0.717) is 0 Å². The first-order valence-electron chi connectivity index (χ1n) is 9.06. The first-order valence-corrected chi connectivity index (χ1v) is 9.06. The summed E-state index contributed by atoms with van der Waals surface area (Å²) in [5, 5.41) is 21.4. The van der Waals surface area contributed by atoms with E-state index in [0.717, 1.165) is 6.92 Å². The number of ether oxygens (including phenoxy) is 2. The molecule has 3 unspecified atom stereocenters. The number of carbonyl (C=O) groups is 6. The van der Waals surface area contributed by atoms with Crippen LogP contribution in [-0.4, -0.2) is 76.5 Å². The molecule has 0 aromatic carbocycles. The number of carbonyl (C=O) groups excluding carboxylic acids is 6. The standard InChI is InChI=1S/C15H14N10O9/c1-15(2-3-6(26)18-12(30)19-7(3)27,33-10-4(24-16)8(28)20-13(31)22-10)34-11-5(25-17)9(29)21-14(32)23-11/h3-5,16-17H,2H2,1H3,(H,20,28,31)(H,21,29,32)(H2,18,19,26,27,30). The second-order valence-electron chi connectivity index (χ2n) is 6.91. The van der Waals surface area contributed by atoms with Crippen molar-refractivity contribution in [1.29, 1.82) is 11.1 Å². The molecule has 0 aromatic heterocycles. The maximum atomic E-state index is 12.2. The van der Waals surface area contributed by atoms with E-state index in [1.807, 2.05) is 5.32 Å². The highest BCUT2D eigenvalue weighted by atomic mass is 16.7. The van der Waals surface area contributed by atoms with Crippen LogP contribution >= 0.6 is 0 Å². The Morgan fingerprint density at radius 3 is 1.65 bits per heavy atom. The van der Waals surface area contributed by atoms with Crippen LogP contribution in [0.15, 0.2) is 25.2 Å². The third kappa shape index (κ3) is 4.76. The number of aliphatic hydroxyl groups is 1. The number of amides is 9. The highest BCUT2D eigenvalue weighted by Gasteiger charge is 2.47. The number of aliphatic imine (C=N–C) groups is 3. The van der Waals surface area contributed by atoms with Gasteiger partial charge in [-0.15, -0.1) is 0 Å². The quantitative estimate of drug-likeness (QED) is 0.202. The number of nitrogens with one attached hydrogen (secondary N) is 5. The van der Waals surface area contributed by atoms with Crippen LogP contribution in [0.25, 0.3) is 0 Å². The normalized spacial score (nSPS) is 26.6. The minimum Gasteiger partial charge on any atom is -0.496 e. The van der Waals surface area contributed by atoms with E-state index in [1.54, 1.807) is 10.6 Å². The van der Waals surface area contributed by atoms with Gasteiger partial charge in [-0.1, -0.05) is 0 Å². The topological polar surface area (TPSA) is 287 Å². The van der Waals surface area contributed by atoms with Gasteiger partial charge in [-0.2, -0.15) is 25.2 Å². The lowest BCUT2D eigenvalue weighted by Crippen LogP contribution is -2.54. The first-order chi connectivity index (χ1) is 16.0. The number of urea groups is 3. The number of nitrogens with zero attached hydrogens (tertiary/aromatic N) is 5. The van der Waals surface area contributed by atoms with Crippen LogP contribution in [0.4, 0.5) is 14.4 Å². The summed E-state index contributed by atoms with van der Waals surface area (Å²) in [7, 11) is 0. The Labute approximate surface area is 187 Å². The molecule has 19 heteroatoms. The molecule has 0 aromatic rings. The fourth-order valence-corrected chi connectivity index (χ4v) is 2.96. The maximum absolute atomic E-state index is 12.2. The predicted octanol–water partition coefficient (Wildman–Crippen LogP) is -0.956. The zero-order valence-electron chi connectivity index (χ0n) is 16.9. The second kappa shape index (κ2) is 8.88. The summed E-state index contributed by atoms with van der Waals surface area (Å²) in [6, 6.07) is -7.05. The van der Waals surface area contributed by atoms with Gasteiger partial charge in [-0.3, -0.25) is 30.3 Å². The summed E-state index contributed by atoms with van der Waals surface area (Å²) in [5.74, 6) is -9.62. The molecule has 0 bridgehead atoms. The van der Waals surface area contributed by atoms with Crippen molar-refractivity contribution in [3.8, 4) is 0 Å². The molecule has 19 nitrogen and oxygen atoms in total. The van der Waals surface area contributed by atoms with Gasteiger partial charge in [0.2, 0.25) is 35.7 Å². The van der Waals surface area contributed by atoms with Crippen molar-refractivity contribution in [3.63, 3.8) is 0 Å². The molecular formula is C15H14N10O9. The van der Waals surface area contributed by atoms with Gasteiger partial charge < -0.3 is 14.6 Å². The molecule has 34 heavy (non-hydrogen) atoms. The van der Waals surface area contributed by atoms with Gasteiger partial charge in [0.1, 0.15) is 5.92 Å². The van der Waals surface area contributed by atoms with Crippen molar-refractivity contribution in [3.05, 3.63) is 0 Å². The Bertz CT molecular complexity index is 1070. The van der Waals surface area contributed by atoms with Crippen molar-refractivity contribution < 1.29 is 43.3 Å². The lowest BCUT2D eigenvalue weighted by atomic mass is 9.97. The molecule has 3 atom stereocenters. The maximum Gasteiger partial charge on any atom is 0.350 e. The molecule has 0 aliphatic carbocycles. The van der Waals surface area contributed by atoms with Crippen LogP contribution in [0, 0.1) is 17.0 Å². The van der Waals surface area contributed by atoms with E-state index >= 15 is 0 Å². The van der Waals surface area contributed by atoms with Crippen molar-refractivity contribution in [2.24, 2.45) is 31.1 Å². The third-order valence-electron chi connectivity index (χ3n) is 4.40. The highest BCUT2D eigenvalue weighted by molar-refractivity contribution is 6.18. The summed E-state index contributed by atoms with van der Waals surface area (Å²) >= 11 is 0. The largest absolute Gasteiger partial charge is 0.496 e. The third-order valence-corrected chi connectivity index (χ3v) is 4.40. The van der Waals surface area contributed by atoms with Crippen LogP contribution in [0.1, 0.15) is 13.3 Å². The number of rotatable bonds is 6. The van der Waals surface area contributed by atoms with Gasteiger partial charge in [-0.05, 0) is 0 Å². The minimum absolute atomic E-state index is 0.736. The lowest BCUT2D eigenvalue weighted by molar-refractivity contribution is -0.147. The van der Waals surface area contributed by atoms with Crippen LogP contribution in [0.2, 0.25) is 0 Å². The number of aliphatic hydroxyl groups excluding tert-OH is 1. The van der Waals surface area contributed by atoms with Gasteiger partial charge in [0, 0.05) is 13.3 Å². The monoisotopic (exact) mass is 478 g/mol. The van der Waals surface area contributed by atoms with Crippen molar-refractivity contribution >= 4 is 53.5 Å². The van der Waals surface area contributed by atoms with E-state index in [4.69, 9.17) is 20.5 Å². The van der Waals surface area contributed by atoms with Crippen LogP contribution in [-0.2, 0) is 23.9 Å². The second-order valence-corrected chi connectivity index (χ2v) is 6.91. The van der Waals surface area contributed by atoms with Crippen molar-refractivity contribution in [2.75, 3.05) is 0 Å². The molecule has 3 aliphatic heterocycles. The average Bonchev–Trinajstić information content (AvgIpc) is 2.70. The average molecular weight is 478 g/mol. The molecule has 0 saturated carbocycles. The summed E-state index contributed by atoms with van der Waals surface area (Å²) in [6.45, 7) is 1.06. The predicted molar refractivity (Wildman–Crippen MR) is 102 cm³/mol. The van der Waals surface area contributed by atoms with Gasteiger partial charge >= 0.3 is 18.1 Å². The van der Waals surface area contributed by atoms with Crippen LogP contribution in [0.3, 0.4) is 0 Å². The Balaban J connectivity index is 2.03. The molecule has 3 rings (SSSR count). The smallest absolute Gasteiger partial charge is 0.350 e. The zero-order chi connectivity index (χ0) is 25.2. The van der Waals surface area contributed by atoms with Gasteiger partial charge in [-0.25, -0.2) is 25.4 Å². The highest BCUT2D eigenvalue weighted by Crippen LogP contribution is 2.29.